The van der Waals surface area contributed by atoms with Crippen LogP contribution in [0.1, 0.15) is 48.0 Å². The molecule has 0 N–H and O–H groups in total. The molecule has 0 saturated heterocycles. The van der Waals surface area contributed by atoms with Gasteiger partial charge < -0.3 is 14.2 Å². The zero-order valence-corrected chi connectivity index (χ0v) is 19.8. The minimum atomic E-state index is -0.508. The molecule has 2 rings (SSSR count). The van der Waals surface area contributed by atoms with Gasteiger partial charge in [0.2, 0.25) is 12.1 Å². The Balaban J connectivity index is 2.31. The van der Waals surface area contributed by atoms with E-state index in [4.69, 9.17) is 14.2 Å². The number of methoxy groups -OCH3 is 2. The number of rotatable bonds is 2. The Morgan fingerprint density at radius 1 is 0.929 bits per heavy atom. The van der Waals surface area contributed by atoms with Gasteiger partial charge in [-0.2, -0.15) is 0 Å². The number of alkyl halides is 1. The lowest BCUT2D eigenvalue weighted by Gasteiger charge is -2.27. The van der Waals surface area contributed by atoms with E-state index in [1.165, 1.54) is 5.57 Å². The molecule has 0 bridgehead atoms. The molecular weight excluding hydrogens is 420 g/mol. The Hall–Kier alpha value is -1.40. The third-order valence-electron chi connectivity index (χ3n) is 4.71. The van der Waals surface area contributed by atoms with E-state index >= 15 is 0 Å². The molecule has 0 aromatic carbocycles. The summed E-state index contributed by atoms with van der Waals surface area (Å²) in [4.78, 5) is 9.38. The van der Waals surface area contributed by atoms with Crippen LogP contribution in [0.15, 0.2) is 45.4 Å². The lowest BCUT2D eigenvalue weighted by molar-refractivity contribution is 0.141. The first-order chi connectivity index (χ1) is 12.9. The van der Waals surface area contributed by atoms with Crippen molar-refractivity contribution in [1.29, 1.82) is 0 Å². The maximum Gasteiger partial charge on any atom is 0.214 e. The Morgan fingerprint density at radius 3 is 2.14 bits per heavy atom. The van der Waals surface area contributed by atoms with Crippen molar-refractivity contribution < 1.29 is 14.2 Å². The fraction of sp³-hybridized carbons (Fsp3) is 0.636. The van der Waals surface area contributed by atoms with E-state index in [1.807, 2.05) is 18.2 Å². The second-order valence-electron chi connectivity index (χ2n) is 9.08. The van der Waals surface area contributed by atoms with Crippen LogP contribution in [0.4, 0.5) is 0 Å². The first kappa shape index (κ1) is 22.9. The van der Waals surface area contributed by atoms with Crippen LogP contribution in [0.5, 0.6) is 0 Å². The van der Waals surface area contributed by atoms with Gasteiger partial charge in [-0.1, -0.05) is 69.1 Å². The van der Waals surface area contributed by atoms with Gasteiger partial charge in [0.1, 0.15) is 0 Å². The van der Waals surface area contributed by atoms with Gasteiger partial charge >= 0.3 is 0 Å². The topological polar surface area (TPSA) is 52.4 Å². The van der Waals surface area contributed by atoms with Crippen molar-refractivity contribution in [3.05, 3.63) is 35.5 Å². The van der Waals surface area contributed by atoms with Crippen LogP contribution < -0.4 is 0 Å². The van der Waals surface area contributed by atoms with Crippen LogP contribution in [-0.2, 0) is 14.2 Å². The van der Waals surface area contributed by atoms with Crippen molar-refractivity contribution >= 4 is 27.7 Å². The number of halogens is 1. The lowest BCUT2D eigenvalue weighted by atomic mass is 9.83. The largest absolute Gasteiger partial charge is 0.481 e. The quantitative estimate of drug-likeness (QED) is 0.414. The predicted octanol–water partition coefficient (Wildman–Crippen LogP) is 5.43. The summed E-state index contributed by atoms with van der Waals surface area (Å²) in [5, 5.41) is 0. The average Bonchev–Trinajstić information content (AvgIpc) is 2.87. The zero-order chi connectivity index (χ0) is 21.1. The molecule has 2 aliphatic rings. The molecular formula is C22H33BrN2O3. The van der Waals surface area contributed by atoms with E-state index in [2.05, 4.69) is 73.5 Å². The summed E-state index contributed by atoms with van der Waals surface area (Å²) in [6, 6.07) is 0. The van der Waals surface area contributed by atoms with Gasteiger partial charge in [0, 0.05) is 24.4 Å². The maximum atomic E-state index is 6.24. The van der Waals surface area contributed by atoms with Gasteiger partial charge in [-0.25, -0.2) is 9.98 Å². The van der Waals surface area contributed by atoms with Crippen molar-refractivity contribution in [2.45, 2.75) is 65.2 Å². The highest BCUT2D eigenvalue weighted by Gasteiger charge is 2.30. The highest BCUT2D eigenvalue weighted by atomic mass is 79.9. The highest BCUT2D eigenvalue weighted by Crippen LogP contribution is 2.36. The summed E-state index contributed by atoms with van der Waals surface area (Å²) >= 11 is 3.81. The maximum absolute atomic E-state index is 6.24. The monoisotopic (exact) mass is 452 g/mol. The van der Waals surface area contributed by atoms with E-state index in [1.54, 1.807) is 14.2 Å². The van der Waals surface area contributed by atoms with Crippen LogP contribution in [-0.4, -0.2) is 43.3 Å². The third kappa shape index (κ3) is 6.05. The Morgan fingerprint density at radius 2 is 1.61 bits per heavy atom. The number of allylic oxidation sites excluding steroid dienone is 3. The van der Waals surface area contributed by atoms with E-state index in [-0.39, 0.29) is 21.9 Å². The minimum absolute atomic E-state index is 0.00281. The third-order valence-corrected chi connectivity index (χ3v) is 5.52. The molecule has 0 aliphatic carbocycles. The summed E-state index contributed by atoms with van der Waals surface area (Å²) in [5.41, 5.74) is 2.35. The van der Waals surface area contributed by atoms with Crippen molar-refractivity contribution in [3.8, 4) is 0 Å². The molecule has 0 radical (unpaired) electrons. The Labute approximate surface area is 177 Å². The average molecular weight is 453 g/mol. The number of nitrogens with zero attached hydrogens (tertiary/aromatic N) is 2. The van der Waals surface area contributed by atoms with E-state index in [9.17, 15) is 0 Å². The van der Waals surface area contributed by atoms with E-state index < -0.39 is 6.23 Å². The molecule has 6 heteroatoms. The first-order valence-corrected chi connectivity index (χ1v) is 10.5. The van der Waals surface area contributed by atoms with Gasteiger partial charge in [-0.3, -0.25) is 0 Å². The smallest absolute Gasteiger partial charge is 0.214 e. The molecule has 5 nitrogen and oxygen atoms in total. The number of hydrogen-bond donors (Lipinski definition) is 0. The van der Waals surface area contributed by atoms with Crippen LogP contribution in [0.25, 0.3) is 0 Å². The predicted molar refractivity (Wildman–Crippen MR) is 119 cm³/mol. The summed E-state index contributed by atoms with van der Waals surface area (Å²) in [6.45, 7) is 13.1. The molecule has 0 fully saturated rings. The second kappa shape index (κ2) is 8.95. The summed E-state index contributed by atoms with van der Waals surface area (Å²) in [7, 11) is 3.27. The molecule has 0 aromatic heterocycles. The van der Waals surface area contributed by atoms with Crippen molar-refractivity contribution in [1.82, 2.24) is 0 Å². The highest BCUT2D eigenvalue weighted by molar-refractivity contribution is 9.09. The van der Waals surface area contributed by atoms with Gasteiger partial charge in [-0.15, -0.1) is 0 Å². The summed E-state index contributed by atoms with van der Waals surface area (Å²) in [5.74, 6) is 1.14. The fourth-order valence-corrected chi connectivity index (χ4v) is 4.19. The number of ether oxygens (including phenoxy) is 3. The standard InChI is InChI=1S/C22H33BrN2O3/c1-21(2,3)14-9-10-17(26-7)24-19(11-14)28-20-13-16(23)15(22(4,5)6)12-18(25-20)27-8/h9-12,16,18-19H,13H2,1-8H3. The van der Waals surface area contributed by atoms with E-state index in [0.29, 0.717) is 18.2 Å². The van der Waals surface area contributed by atoms with Crippen molar-refractivity contribution in [2.24, 2.45) is 20.8 Å². The number of hydrogen-bond acceptors (Lipinski definition) is 5. The summed E-state index contributed by atoms with van der Waals surface area (Å²) in [6.07, 6.45) is 7.75. The molecule has 0 amide bonds. The SMILES string of the molecule is COC1=NC(OC2=NC(OC)C=C(C(C)(C)C)C(Br)C2)C=C(C(C)(C)C)C=C1. The van der Waals surface area contributed by atoms with Crippen molar-refractivity contribution in [3.63, 3.8) is 0 Å². The lowest BCUT2D eigenvalue weighted by Crippen LogP contribution is -2.23. The molecule has 0 spiro atoms. The molecule has 2 aliphatic heterocycles. The number of aliphatic imine (C=N–C) groups is 2. The Bertz CT molecular complexity index is 721. The molecule has 2 heterocycles. The molecule has 156 valence electrons. The Kier molecular flexibility index (Phi) is 7.32. The van der Waals surface area contributed by atoms with Gasteiger partial charge in [0.25, 0.3) is 0 Å². The van der Waals surface area contributed by atoms with Crippen LogP contribution >= 0.6 is 15.9 Å². The van der Waals surface area contributed by atoms with Crippen LogP contribution in [0, 0.1) is 10.8 Å². The zero-order valence-electron chi connectivity index (χ0n) is 18.2. The molecule has 0 aromatic rings. The second-order valence-corrected chi connectivity index (χ2v) is 10.2. The van der Waals surface area contributed by atoms with Gasteiger partial charge in [-0.05, 0) is 28.6 Å². The molecule has 28 heavy (non-hydrogen) atoms. The normalized spacial score (nSPS) is 26.4. The van der Waals surface area contributed by atoms with Crippen LogP contribution in [0.3, 0.4) is 0 Å². The van der Waals surface area contributed by atoms with Gasteiger partial charge in [0.05, 0.1) is 7.11 Å². The minimum Gasteiger partial charge on any atom is -0.481 e. The molecule has 3 unspecified atom stereocenters. The van der Waals surface area contributed by atoms with E-state index in [0.717, 1.165) is 5.57 Å². The summed E-state index contributed by atoms with van der Waals surface area (Å²) < 4.78 is 17.2. The first-order valence-electron chi connectivity index (χ1n) is 9.58. The molecule has 0 saturated carbocycles. The van der Waals surface area contributed by atoms with Gasteiger partial charge in [0.15, 0.2) is 12.1 Å². The molecule has 3 atom stereocenters. The fourth-order valence-electron chi connectivity index (χ4n) is 3.07. The van der Waals surface area contributed by atoms with Crippen LogP contribution in [0.2, 0.25) is 0 Å². The van der Waals surface area contributed by atoms with Crippen molar-refractivity contribution in [2.75, 3.05) is 14.2 Å².